The van der Waals surface area contributed by atoms with Crippen molar-refractivity contribution in [1.29, 1.82) is 0 Å². The van der Waals surface area contributed by atoms with Crippen LogP contribution in [-0.4, -0.2) is 23.0 Å². The molecule has 1 aromatic rings. The van der Waals surface area contributed by atoms with E-state index in [1.165, 1.54) is 25.3 Å². The number of benzene rings is 1. The van der Waals surface area contributed by atoms with E-state index >= 15 is 0 Å². The Morgan fingerprint density at radius 1 is 1.55 bits per heavy atom. The molecule has 3 N–H and O–H groups in total. The molecule has 0 radical (unpaired) electrons. The molecule has 1 aliphatic rings. The zero-order valence-corrected chi connectivity index (χ0v) is 11.0. The molecular weight excluding hydrogens is 286 g/mol. The first-order valence-electron chi connectivity index (χ1n) is 5.29. The second-order valence-corrected chi connectivity index (χ2v) is 4.13. The number of nitro groups is 1. The van der Waals surface area contributed by atoms with E-state index in [-0.39, 0.29) is 33.6 Å². The summed E-state index contributed by atoms with van der Waals surface area (Å²) < 4.78 is 9.84. The lowest BCUT2D eigenvalue weighted by Gasteiger charge is -2.07. The predicted octanol–water partition coefficient (Wildman–Crippen LogP) is 1.07. The lowest BCUT2D eigenvalue weighted by molar-refractivity contribution is -0.384. The maximum absolute atomic E-state index is 11.6. The number of carbonyl (C=O) groups is 1. The molecule has 20 heavy (non-hydrogen) atoms. The Bertz CT molecular complexity index is 655. The second kappa shape index (κ2) is 5.13. The van der Waals surface area contributed by atoms with Crippen molar-refractivity contribution < 1.29 is 19.2 Å². The molecule has 0 spiro atoms. The molecular formula is C11H9N3O5S. The summed E-state index contributed by atoms with van der Waals surface area (Å²) in [4.78, 5) is 21.7. The molecule has 0 saturated carbocycles. The maximum Gasteiger partial charge on any atom is 0.346 e. The average molecular weight is 295 g/mol. The van der Waals surface area contributed by atoms with E-state index in [9.17, 15) is 14.9 Å². The summed E-state index contributed by atoms with van der Waals surface area (Å²) in [7, 11) is 1.17. The van der Waals surface area contributed by atoms with Gasteiger partial charge in [0.05, 0.1) is 17.7 Å². The zero-order valence-electron chi connectivity index (χ0n) is 10.2. The summed E-state index contributed by atoms with van der Waals surface area (Å²) in [5.74, 6) is -0.779. The van der Waals surface area contributed by atoms with Crippen molar-refractivity contribution >= 4 is 34.6 Å². The number of carbonyl (C=O) groups excluding carboxylic acids is 1. The van der Waals surface area contributed by atoms with Gasteiger partial charge in [0.25, 0.3) is 5.69 Å². The third kappa shape index (κ3) is 2.38. The normalized spacial score (nSPS) is 13.8. The second-order valence-electron chi connectivity index (χ2n) is 3.72. The largest absolute Gasteiger partial charge is 0.465 e. The monoisotopic (exact) mass is 295 g/mol. The van der Waals surface area contributed by atoms with Crippen molar-refractivity contribution in [2.24, 2.45) is 5.73 Å². The standard InChI is InChI=1S/C11H9N3O5S/c1-18-11(15)8-9(12)19-7-3-2-5(14(16)17)4-6(7)13-10(8)20/h2-4H,12H2,1H3,(H,13,20). The highest BCUT2D eigenvalue weighted by atomic mass is 32.1. The van der Waals surface area contributed by atoms with Gasteiger partial charge >= 0.3 is 5.97 Å². The fourth-order valence-electron chi connectivity index (χ4n) is 1.58. The van der Waals surface area contributed by atoms with E-state index in [0.29, 0.717) is 0 Å². The highest BCUT2D eigenvalue weighted by Crippen LogP contribution is 2.33. The summed E-state index contributed by atoms with van der Waals surface area (Å²) in [6, 6.07) is 3.84. The summed E-state index contributed by atoms with van der Waals surface area (Å²) >= 11 is 5.02. The molecule has 104 valence electrons. The van der Waals surface area contributed by atoms with Crippen molar-refractivity contribution in [2.75, 3.05) is 12.4 Å². The van der Waals surface area contributed by atoms with E-state index < -0.39 is 10.9 Å². The van der Waals surface area contributed by atoms with Gasteiger partial charge in [0.1, 0.15) is 4.99 Å². The number of nitrogens with zero attached hydrogens (tertiary/aromatic N) is 1. The van der Waals surface area contributed by atoms with E-state index in [4.69, 9.17) is 22.7 Å². The Morgan fingerprint density at radius 2 is 2.25 bits per heavy atom. The van der Waals surface area contributed by atoms with Gasteiger partial charge in [0, 0.05) is 12.1 Å². The molecule has 0 bridgehead atoms. The summed E-state index contributed by atoms with van der Waals surface area (Å²) in [6.07, 6.45) is 0. The number of hydrogen-bond donors (Lipinski definition) is 2. The molecule has 1 aliphatic heterocycles. The molecule has 0 atom stereocenters. The van der Waals surface area contributed by atoms with Crippen molar-refractivity contribution in [1.82, 2.24) is 0 Å². The highest BCUT2D eigenvalue weighted by Gasteiger charge is 2.26. The number of hydrogen-bond acceptors (Lipinski definition) is 7. The SMILES string of the molecule is COC(=O)C1=C(N)Oc2ccc([N+](=O)[O-])cc2NC1=S. The van der Waals surface area contributed by atoms with Gasteiger partial charge in [-0.25, -0.2) is 4.79 Å². The fraction of sp³-hybridized carbons (Fsp3) is 0.0909. The first kappa shape index (κ1) is 13.7. The van der Waals surface area contributed by atoms with Crippen LogP contribution in [0.1, 0.15) is 0 Å². The molecule has 0 fully saturated rings. The summed E-state index contributed by atoms with van der Waals surface area (Å²) in [6.45, 7) is 0. The van der Waals surface area contributed by atoms with Crippen LogP contribution in [0.2, 0.25) is 0 Å². The van der Waals surface area contributed by atoms with Gasteiger partial charge in [-0.3, -0.25) is 10.1 Å². The van der Waals surface area contributed by atoms with E-state index in [1.54, 1.807) is 0 Å². The molecule has 0 unspecified atom stereocenters. The Kier molecular flexibility index (Phi) is 3.53. The molecule has 8 nitrogen and oxygen atoms in total. The number of methoxy groups -OCH3 is 1. The van der Waals surface area contributed by atoms with Crippen molar-refractivity contribution in [2.45, 2.75) is 0 Å². The molecule has 0 saturated heterocycles. The van der Waals surface area contributed by atoms with Gasteiger partial charge in [0.2, 0.25) is 5.88 Å². The topological polar surface area (TPSA) is 117 Å². The number of non-ortho nitro benzene ring substituents is 1. The number of anilines is 1. The Morgan fingerprint density at radius 3 is 2.85 bits per heavy atom. The molecule has 9 heteroatoms. The smallest absolute Gasteiger partial charge is 0.346 e. The molecule has 2 rings (SSSR count). The maximum atomic E-state index is 11.6. The van der Waals surface area contributed by atoms with Gasteiger partial charge in [-0.1, -0.05) is 12.2 Å². The zero-order chi connectivity index (χ0) is 14.9. The van der Waals surface area contributed by atoms with E-state index in [2.05, 4.69) is 10.1 Å². The first-order chi connectivity index (χ1) is 9.43. The lowest BCUT2D eigenvalue weighted by Crippen LogP contribution is -2.23. The number of fused-ring (bicyclic) bond motifs is 1. The van der Waals surface area contributed by atoms with Crippen LogP contribution in [0.5, 0.6) is 5.75 Å². The van der Waals surface area contributed by atoms with Gasteiger partial charge in [0.15, 0.2) is 11.3 Å². The summed E-state index contributed by atoms with van der Waals surface area (Å²) in [5.41, 5.74) is 5.61. The molecule has 0 aliphatic carbocycles. The predicted molar refractivity (Wildman–Crippen MR) is 73.2 cm³/mol. The van der Waals surface area contributed by atoms with Crippen LogP contribution >= 0.6 is 12.2 Å². The van der Waals surface area contributed by atoms with Crippen LogP contribution in [0, 0.1) is 10.1 Å². The Hall–Kier alpha value is -2.68. The fourth-order valence-corrected chi connectivity index (χ4v) is 1.87. The van der Waals surface area contributed by atoms with Crippen LogP contribution in [0.4, 0.5) is 11.4 Å². The van der Waals surface area contributed by atoms with Crippen molar-refractivity contribution in [3.63, 3.8) is 0 Å². The third-order valence-corrected chi connectivity index (χ3v) is 2.81. The van der Waals surface area contributed by atoms with Crippen molar-refractivity contribution in [3.8, 4) is 5.75 Å². The first-order valence-corrected chi connectivity index (χ1v) is 5.70. The number of ether oxygens (including phenoxy) is 2. The van der Waals surface area contributed by atoms with Gasteiger partial charge in [-0.15, -0.1) is 0 Å². The minimum absolute atomic E-state index is 0.0337. The lowest BCUT2D eigenvalue weighted by atomic mass is 10.2. The molecule has 0 aromatic heterocycles. The van der Waals surface area contributed by atoms with Gasteiger partial charge < -0.3 is 20.5 Å². The van der Waals surface area contributed by atoms with Crippen LogP contribution in [-0.2, 0) is 9.53 Å². The van der Waals surface area contributed by atoms with Crippen LogP contribution < -0.4 is 15.8 Å². The minimum atomic E-state index is -0.762. The summed E-state index contributed by atoms with van der Waals surface area (Å²) in [5, 5.41) is 13.4. The number of thiocarbonyl (C=S) groups is 1. The molecule has 1 aromatic carbocycles. The quantitative estimate of drug-likeness (QED) is 0.360. The van der Waals surface area contributed by atoms with Crippen LogP contribution in [0.15, 0.2) is 29.7 Å². The highest BCUT2D eigenvalue weighted by molar-refractivity contribution is 7.81. The van der Waals surface area contributed by atoms with Crippen LogP contribution in [0.3, 0.4) is 0 Å². The van der Waals surface area contributed by atoms with Gasteiger partial charge in [-0.2, -0.15) is 0 Å². The van der Waals surface area contributed by atoms with E-state index in [1.807, 2.05) is 0 Å². The average Bonchev–Trinajstić information content (AvgIpc) is 2.51. The molecule has 1 heterocycles. The Labute approximate surface area is 118 Å². The third-order valence-electron chi connectivity index (χ3n) is 2.51. The molecule has 0 amide bonds. The van der Waals surface area contributed by atoms with Crippen LogP contribution in [0.25, 0.3) is 0 Å². The van der Waals surface area contributed by atoms with Crippen molar-refractivity contribution in [3.05, 3.63) is 39.8 Å². The number of rotatable bonds is 2. The van der Waals surface area contributed by atoms with E-state index in [0.717, 1.165) is 0 Å². The number of nitrogens with two attached hydrogens (primary N) is 1. The number of nitrogens with one attached hydrogen (secondary N) is 1. The number of esters is 1. The minimum Gasteiger partial charge on any atom is -0.465 e. The Balaban J connectivity index is 2.47. The van der Waals surface area contributed by atoms with Gasteiger partial charge in [-0.05, 0) is 6.07 Å². The number of nitro benzene ring substituents is 1.